The first-order valence-corrected chi connectivity index (χ1v) is 8.07. The molecule has 0 aliphatic carbocycles. The van der Waals surface area contributed by atoms with Crippen molar-refractivity contribution in [2.45, 2.75) is 45.3 Å². The number of amides is 1. The van der Waals surface area contributed by atoms with Gasteiger partial charge in [-0.3, -0.25) is 0 Å². The van der Waals surface area contributed by atoms with Crippen LogP contribution < -0.4 is 10.2 Å². The van der Waals surface area contributed by atoms with E-state index in [-0.39, 0.29) is 12.1 Å². The summed E-state index contributed by atoms with van der Waals surface area (Å²) in [5.41, 5.74) is -0.0569. The molecular formula is C17H25N3O4. The normalized spacial score (nSPS) is 15.8. The lowest BCUT2D eigenvalue weighted by atomic mass is 10.1. The summed E-state index contributed by atoms with van der Waals surface area (Å²) in [5.74, 6) is 0.424. The number of rotatable bonds is 3. The summed E-state index contributed by atoms with van der Waals surface area (Å²) < 4.78 is 9.94. The Hall–Kier alpha value is -2.31. The molecule has 0 atom stereocenters. The van der Waals surface area contributed by atoms with Crippen LogP contribution in [0.4, 0.5) is 10.6 Å². The second kappa shape index (κ2) is 7.51. The first-order chi connectivity index (χ1) is 11.3. The second-order valence-corrected chi connectivity index (χ2v) is 6.80. The number of methoxy groups -OCH3 is 1. The quantitative estimate of drug-likeness (QED) is 0.854. The van der Waals surface area contributed by atoms with Crippen LogP contribution in [0, 0.1) is 0 Å². The molecular weight excluding hydrogens is 310 g/mol. The van der Waals surface area contributed by atoms with E-state index >= 15 is 0 Å². The summed E-state index contributed by atoms with van der Waals surface area (Å²) in [7, 11) is 1.35. The van der Waals surface area contributed by atoms with Crippen molar-refractivity contribution in [3.63, 3.8) is 0 Å². The zero-order valence-corrected chi connectivity index (χ0v) is 14.7. The van der Waals surface area contributed by atoms with Crippen molar-refractivity contribution in [2.24, 2.45) is 0 Å². The molecule has 0 unspecified atom stereocenters. The molecule has 1 saturated heterocycles. The number of esters is 1. The van der Waals surface area contributed by atoms with Crippen molar-refractivity contribution in [2.75, 3.05) is 25.1 Å². The van der Waals surface area contributed by atoms with E-state index in [9.17, 15) is 9.59 Å². The number of nitrogens with one attached hydrogen (secondary N) is 1. The minimum atomic E-state index is -0.490. The zero-order chi connectivity index (χ0) is 17.7. The topological polar surface area (TPSA) is 80.8 Å². The fourth-order valence-corrected chi connectivity index (χ4v) is 2.54. The van der Waals surface area contributed by atoms with Crippen LogP contribution >= 0.6 is 0 Å². The lowest BCUT2D eigenvalue weighted by Gasteiger charge is -2.33. The lowest BCUT2D eigenvalue weighted by molar-refractivity contribution is 0.0496. The molecule has 2 heterocycles. The van der Waals surface area contributed by atoms with Gasteiger partial charge in [0.2, 0.25) is 0 Å². The highest BCUT2D eigenvalue weighted by Crippen LogP contribution is 2.19. The molecule has 0 aromatic carbocycles. The Balaban J connectivity index is 1.84. The van der Waals surface area contributed by atoms with Crippen LogP contribution in [0.2, 0.25) is 0 Å². The molecule has 1 aliphatic rings. The lowest BCUT2D eigenvalue weighted by Crippen LogP contribution is -2.46. The van der Waals surface area contributed by atoms with Gasteiger partial charge in [-0.15, -0.1) is 0 Å². The number of aromatic nitrogens is 1. The number of nitrogens with zero attached hydrogens (tertiary/aromatic N) is 2. The number of anilines is 1. The Bertz CT molecular complexity index is 572. The molecule has 0 bridgehead atoms. The van der Waals surface area contributed by atoms with Gasteiger partial charge in [-0.2, -0.15) is 0 Å². The smallest absolute Gasteiger partial charge is 0.407 e. The predicted octanol–water partition coefficient (Wildman–Crippen LogP) is 2.36. The average molecular weight is 335 g/mol. The number of pyridine rings is 1. The Kier molecular flexibility index (Phi) is 5.64. The van der Waals surface area contributed by atoms with Gasteiger partial charge >= 0.3 is 12.1 Å². The highest BCUT2D eigenvalue weighted by atomic mass is 16.6. The van der Waals surface area contributed by atoms with Crippen LogP contribution in [0.5, 0.6) is 0 Å². The maximum Gasteiger partial charge on any atom is 0.407 e. The first kappa shape index (κ1) is 18.0. The first-order valence-electron chi connectivity index (χ1n) is 8.07. The van der Waals surface area contributed by atoms with Crippen molar-refractivity contribution in [3.05, 3.63) is 23.9 Å². The van der Waals surface area contributed by atoms with Gasteiger partial charge < -0.3 is 19.7 Å². The Morgan fingerprint density at radius 3 is 2.42 bits per heavy atom. The molecule has 1 amide bonds. The van der Waals surface area contributed by atoms with Crippen LogP contribution in [0.25, 0.3) is 0 Å². The van der Waals surface area contributed by atoms with Crippen LogP contribution in [0.3, 0.4) is 0 Å². The number of ether oxygens (including phenoxy) is 2. The summed E-state index contributed by atoms with van der Waals surface area (Å²) in [6.45, 7) is 7.10. The molecule has 2 rings (SSSR count). The molecule has 7 nitrogen and oxygen atoms in total. The molecule has 24 heavy (non-hydrogen) atoms. The largest absolute Gasteiger partial charge is 0.465 e. The molecule has 1 N–H and O–H groups in total. The third-order valence-corrected chi connectivity index (χ3v) is 3.71. The van der Waals surface area contributed by atoms with Crippen LogP contribution in [0.15, 0.2) is 18.3 Å². The van der Waals surface area contributed by atoms with Crippen molar-refractivity contribution >= 4 is 17.9 Å². The SMILES string of the molecule is COC(=O)c1ccc(N2CCC(NC(=O)OC(C)(C)C)CC2)nc1. The molecule has 1 fully saturated rings. The van der Waals surface area contributed by atoms with E-state index in [2.05, 4.69) is 19.9 Å². The van der Waals surface area contributed by atoms with Gasteiger partial charge in [0.05, 0.1) is 12.7 Å². The molecule has 1 aromatic rings. The minimum absolute atomic E-state index is 0.102. The van der Waals surface area contributed by atoms with E-state index in [0.717, 1.165) is 31.7 Å². The van der Waals surface area contributed by atoms with E-state index in [0.29, 0.717) is 5.56 Å². The summed E-state index contributed by atoms with van der Waals surface area (Å²) >= 11 is 0. The monoisotopic (exact) mass is 335 g/mol. The Morgan fingerprint density at radius 2 is 1.92 bits per heavy atom. The van der Waals surface area contributed by atoms with E-state index in [1.54, 1.807) is 6.07 Å². The fourth-order valence-electron chi connectivity index (χ4n) is 2.54. The minimum Gasteiger partial charge on any atom is -0.465 e. The molecule has 0 radical (unpaired) electrons. The molecule has 132 valence electrons. The number of alkyl carbamates (subject to hydrolysis) is 1. The van der Waals surface area contributed by atoms with E-state index in [4.69, 9.17) is 4.74 Å². The second-order valence-electron chi connectivity index (χ2n) is 6.80. The maximum atomic E-state index is 11.8. The molecule has 1 aromatic heterocycles. The van der Waals surface area contributed by atoms with Crippen LogP contribution in [-0.2, 0) is 9.47 Å². The predicted molar refractivity (Wildman–Crippen MR) is 90.2 cm³/mol. The van der Waals surface area contributed by atoms with Crippen molar-refractivity contribution < 1.29 is 19.1 Å². The zero-order valence-electron chi connectivity index (χ0n) is 14.7. The van der Waals surface area contributed by atoms with Crippen molar-refractivity contribution in [1.29, 1.82) is 0 Å². The highest BCUT2D eigenvalue weighted by Gasteiger charge is 2.24. The van der Waals surface area contributed by atoms with Crippen LogP contribution in [0.1, 0.15) is 44.0 Å². The van der Waals surface area contributed by atoms with E-state index in [1.807, 2.05) is 26.8 Å². The van der Waals surface area contributed by atoms with Crippen molar-refractivity contribution in [3.8, 4) is 0 Å². The number of hydrogen-bond donors (Lipinski definition) is 1. The summed E-state index contributed by atoms with van der Waals surface area (Å²) in [5, 5.41) is 2.91. The number of piperidine rings is 1. The summed E-state index contributed by atoms with van der Waals surface area (Å²) in [6.07, 6.45) is 2.78. The average Bonchev–Trinajstić information content (AvgIpc) is 2.53. The van der Waals surface area contributed by atoms with Gasteiger partial charge in [0, 0.05) is 25.3 Å². The van der Waals surface area contributed by atoms with Gasteiger partial charge in [-0.05, 0) is 45.7 Å². The van der Waals surface area contributed by atoms with E-state index in [1.165, 1.54) is 13.3 Å². The van der Waals surface area contributed by atoms with Gasteiger partial charge in [-0.25, -0.2) is 14.6 Å². The van der Waals surface area contributed by atoms with Gasteiger partial charge in [0.15, 0.2) is 0 Å². The Labute approximate surface area is 142 Å². The van der Waals surface area contributed by atoms with Crippen molar-refractivity contribution in [1.82, 2.24) is 10.3 Å². The van der Waals surface area contributed by atoms with Gasteiger partial charge in [-0.1, -0.05) is 0 Å². The number of hydrogen-bond acceptors (Lipinski definition) is 6. The number of carbonyl (C=O) groups is 2. The fraction of sp³-hybridized carbons (Fsp3) is 0.588. The third kappa shape index (κ3) is 5.11. The van der Waals surface area contributed by atoms with Gasteiger partial charge in [0.25, 0.3) is 0 Å². The third-order valence-electron chi connectivity index (χ3n) is 3.71. The molecule has 7 heteroatoms. The van der Waals surface area contributed by atoms with E-state index < -0.39 is 11.6 Å². The summed E-state index contributed by atoms with van der Waals surface area (Å²) in [4.78, 5) is 29.7. The van der Waals surface area contributed by atoms with Crippen LogP contribution in [-0.4, -0.2) is 48.9 Å². The molecule has 0 spiro atoms. The van der Waals surface area contributed by atoms with Gasteiger partial charge in [0.1, 0.15) is 11.4 Å². The highest BCUT2D eigenvalue weighted by molar-refractivity contribution is 5.89. The number of carbonyl (C=O) groups excluding carboxylic acids is 2. The molecule has 0 saturated carbocycles. The summed E-state index contributed by atoms with van der Waals surface area (Å²) in [6, 6.07) is 3.62. The standard InChI is InChI=1S/C17H25N3O4/c1-17(2,3)24-16(22)19-13-7-9-20(10-8-13)14-6-5-12(11-18-14)15(21)23-4/h5-6,11,13H,7-10H2,1-4H3,(H,19,22). The maximum absolute atomic E-state index is 11.8. The Morgan fingerprint density at radius 1 is 1.25 bits per heavy atom. The molecule has 1 aliphatic heterocycles.